The van der Waals surface area contributed by atoms with Crippen LogP contribution in [0.5, 0.6) is 0 Å². The van der Waals surface area contributed by atoms with Gasteiger partial charge in [-0.2, -0.15) is 0 Å². The first-order valence-corrected chi connectivity index (χ1v) is 7.79. The molecule has 2 atom stereocenters. The van der Waals surface area contributed by atoms with Crippen LogP contribution in [0.1, 0.15) is 17.8 Å². The van der Waals surface area contributed by atoms with Gasteiger partial charge in [-0.1, -0.05) is 17.7 Å². The molecule has 0 spiro atoms. The van der Waals surface area contributed by atoms with Gasteiger partial charge in [0.05, 0.1) is 10.1 Å². The Balaban J connectivity index is 1.99. The second kappa shape index (κ2) is 4.49. The van der Waals surface area contributed by atoms with Crippen molar-refractivity contribution in [2.75, 3.05) is 5.75 Å². The van der Waals surface area contributed by atoms with Gasteiger partial charge in [-0.25, -0.2) is 8.42 Å². The zero-order valence-corrected chi connectivity index (χ0v) is 11.1. The summed E-state index contributed by atoms with van der Waals surface area (Å²) >= 11 is 7.36. The van der Waals surface area contributed by atoms with Crippen LogP contribution in [-0.4, -0.2) is 20.2 Å². The fourth-order valence-corrected chi connectivity index (χ4v) is 3.96. The summed E-state index contributed by atoms with van der Waals surface area (Å²) in [4.78, 5) is 1.11. The van der Waals surface area contributed by atoms with Crippen LogP contribution in [0, 0.1) is 0 Å². The predicted molar refractivity (Wildman–Crippen MR) is 67.6 cm³/mol. The molecule has 0 fully saturated rings. The third kappa shape index (κ3) is 2.85. The Hall–Kier alpha value is -0.360. The van der Waals surface area contributed by atoms with Crippen LogP contribution in [-0.2, 0) is 9.84 Å². The van der Waals surface area contributed by atoms with Gasteiger partial charge in [0.2, 0.25) is 0 Å². The smallest absolute Gasteiger partial charge is 0.173 e. The van der Waals surface area contributed by atoms with Gasteiger partial charge in [-0.3, -0.25) is 0 Å². The number of rotatable bonds is 3. The second-order valence-corrected chi connectivity index (χ2v) is 7.47. The summed E-state index contributed by atoms with van der Waals surface area (Å²) in [7, 11) is -2.98. The molecule has 0 saturated carbocycles. The van der Waals surface area contributed by atoms with Crippen molar-refractivity contribution in [1.82, 2.24) is 5.32 Å². The molecule has 1 aromatic rings. The molecule has 2 rings (SSSR count). The third-order valence-electron chi connectivity index (χ3n) is 2.41. The van der Waals surface area contributed by atoms with E-state index in [4.69, 9.17) is 11.6 Å². The fraction of sp³-hybridized carbons (Fsp3) is 0.400. The van der Waals surface area contributed by atoms with Gasteiger partial charge in [0.15, 0.2) is 9.84 Å². The number of thiophene rings is 1. The average molecular weight is 278 g/mol. The van der Waals surface area contributed by atoms with Gasteiger partial charge in [-0.05, 0) is 19.1 Å². The van der Waals surface area contributed by atoms with E-state index in [2.05, 4.69) is 5.32 Å². The minimum absolute atomic E-state index is 0.0964. The summed E-state index contributed by atoms with van der Waals surface area (Å²) in [5, 5.41) is 4.53. The van der Waals surface area contributed by atoms with Gasteiger partial charge >= 0.3 is 0 Å². The maximum Gasteiger partial charge on any atom is 0.173 e. The number of halogens is 1. The Morgan fingerprint density at radius 1 is 1.56 bits per heavy atom. The standard InChI is InChI=1S/C10H12ClNO2S2/c1-7(9-2-3-10(11)15-9)12-8-4-5-16(13,14)6-8/h2-5,7-8,12H,6H2,1H3. The molecule has 0 bridgehead atoms. The van der Waals surface area contributed by atoms with E-state index in [-0.39, 0.29) is 17.8 Å². The maximum absolute atomic E-state index is 11.2. The third-order valence-corrected chi connectivity index (χ3v) is 5.22. The van der Waals surface area contributed by atoms with E-state index in [9.17, 15) is 8.42 Å². The minimum atomic E-state index is -2.98. The van der Waals surface area contributed by atoms with Gasteiger partial charge in [0.1, 0.15) is 0 Å². The molecule has 1 aromatic heterocycles. The first-order chi connectivity index (χ1) is 7.46. The normalized spacial score (nSPS) is 24.8. The molecule has 0 aliphatic carbocycles. The van der Waals surface area contributed by atoms with Crippen LogP contribution < -0.4 is 5.32 Å². The van der Waals surface area contributed by atoms with E-state index in [0.717, 1.165) is 9.21 Å². The first-order valence-electron chi connectivity index (χ1n) is 4.88. The van der Waals surface area contributed by atoms with Crippen molar-refractivity contribution in [2.24, 2.45) is 0 Å². The molecule has 0 radical (unpaired) electrons. The topological polar surface area (TPSA) is 46.2 Å². The van der Waals surface area contributed by atoms with Crippen molar-refractivity contribution in [3.05, 3.63) is 32.8 Å². The van der Waals surface area contributed by atoms with Crippen LogP contribution in [0.25, 0.3) is 0 Å². The highest BCUT2D eigenvalue weighted by molar-refractivity contribution is 7.94. The summed E-state index contributed by atoms with van der Waals surface area (Å²) in [6, 6.07) is 3.82. The maximum atomic E-state index is 11.2. The zero-order chi connectivity index (χ0) is 11.8. The average Bonchev–Trinajstić information content (AvgIpc) is 2.73. The van der Waals surface area contributed by atoms with E-state index >= 15 is 0 Å². The lowest BCUT2D eigenvalue weighted by Gasteiger charge is -2.16. The Bertz CT molecular complexity index is 507. The molecule has 1 N–H and O–H groups in total. The van der Waals surface area contributed by atoms with Crippen LogP contribution in [0.15, 0.2) is 23.6 Å². The van der Waals surface area contributed by atoms with Crippen LogP contribution >= 0.6 is 22.9 Å². The minimum Gasteiger partial charge on any atom is -0.302 e. The summed E-state index contributed by atoms with van der Waals surface area (Å²) in [5.74, 6) is 0.149. The summed E-state index contributed by atoms with van der Waals surface area (Å²) in [6.07, 6.45) is 1.70. The molecule has 6 heteroatoms. The quantitative estimate of drug-likeness (QED) is 0.923. The van der Waals surface area contributed by atoms with E-state index in [1.807, 2.05) is 19.1 Å². The lowest BCUT2D eigenvalue weighted by atomic mass is 10.2. The van der Waals surface area contributed by atoms with Crippen LogP contribution in [0.2, 0.25) is 4.34 Å². The summed E-state index contributed by atoms with van der Waals surface area (Å²) < 4.78 is 23.2. The number of sulfone groups is 1. The number of hydrogen-bond donors (Lipinski definition) is 1. The zero-order valence-electron chi connectivity index (χ0n) is 8.68. The van der Waals surface area contributed by atoms with Crippen molar-refractivity contribution < 1.29 is 8.42 Å². The van der Waals surface area contributed by atoms with Crippen molar-refractivity contribution in [1.29, 1.82) is 0 Å². The highest BCUT2D eigenvalue weighted by atomic mass is 35.5. The molecule has 0 amide bonds. The summed E-state index contributed by atoms with van der Waals surface area (Å²) in [6.45, 7) is 2.00. The highest BCUT2D eigenvalue weighted by Gasteiger charge is 2.23. The Kier molecular flexibility index (Phi) is 3.39. The molecular formula is C10H12ClNO2S2. The van der Waals surface area contributed by atoms with E-state index < -0.39 is 9.84 Å². The fourth-order valence-electron chi connectivity index (χ4n) is 1.64. The van der Waals surface area contributed by atoms with Crippen molar-refractivity contribution >= 4 is 32.8 Å². The Morgan fingerprint density at radius 2 is 2.31 bits per heavy atom. The monoisotopic (exact) mass is 277 g/mol. The van der Waals surface area contributed by atoms with Crippen LogP contribution in [0.4, 0.5) is 0 Å². The van der Waals surface area contributed by atoms with Gasteiger partial charge in [0, 0.05) is 22.4 Å². The molecule has 2 heterocycles. The lowest BCUT2D eigenvalue weighted by molar-refractivity contribution is 0.541. The van der Waals surface area contributed by atoms with E-state index in [1.165, 1.54) is 16.7 Å². The molecule has 16 heavy (non-hydrogen) atoms. The second-order valence-electron chi connectivity index (χ2n) is 3.79. The largest absolute Gasteiger partial charge is 0.302 e. The molecule has 0 saturated heterocycles. The van der Waals surface area contributed by atoms with Gasteiger partial charge in [0.25, 0.3) is 0 Å². The van der Waals surface area contributed by atoms with E-state index in [1.54, 1.807) is 6.08 Å². The molecule has 88 valence electrons. The molecule has 1 aliphatic heterocycles. The molecule has 1 aliphatic rings. The molecule has 3 nitrogen and oxygen atoms in total. The first kappa shape index (κ1) is 12.1. The molecular weight excluding hydrogens is 266 g/mol. The number of hydrogen-bond acceptors (Lipinski definition) is 4. The summed E-state index contributed by atoms with van der Waals surface area (Å²) in [5.41, 5.74) is 0. The highest BCUT2D eigenvalue weighted by Crippen LogP contribution is 2.27. The van der Waals surface area contributed by atoms with Crippen molar-refractivity contribution in [3.8, 4) is 0 Å². The van der Waals surface area contributed by atoms with Crippen molar-refractivity contribution in [2.45, 2.75) is 19.0 Å². The van der Waals surface area contributed by atoms with Crippen LogP contribution in [0.3, 0.4) is 0 Å². The van der Waals surface area contributed by atoms with Crippen molar-refractivity contribution in [3.63, 3.8) is 0 Å². The molecule has 2 unspecified atom stereocenters. The van der Waals surface area contributed by atoms with E-state index in [0.29, 0.717) is 0 Å². The van der Waals surface area contributed by atoms with Gasteiger partial charge in [-0.15, -0.1) is 11.3 Å². The predicted octanol–water partition coefficient (Wildman–Crippen LogP) is 2.36. The molecule has 0 aromatic carbocycles. The lowest BCUT2D eigenvalue weighted by Crippen LogP contribution is -2.31. The van der Waals surface area contributed by atoms with Gasteiger partial charge < -0.3 is 5.32 Å². The number of nitrogens with one attached hydrogen (secondary N) is 1. The Morgan fingerprint density at radius 3 is 2.81 bits per heavy atom. The Labute approximate surface area is 104 Å². The SMILES string of the molecule is CC(NC1C=CS(=O)(=O)C1)c1ccc(Cl)s1.